The lowest BCUT2D eigenvalue weighted by atomic mass is 10.2. The second-order valence-electron chi connectivity index (χ2n) is 3.42. The van der Waals surface area contributed by atoms with Crippen LogP contribution in [0.5, 0.6) is 0 Å². The summed E-state index contributed by atoms with van der Waals surface area (Å²) in [6.07, 6.45) is 1.62. The summed E-state index contributed by atoms with van der Waals surface area (Å²) >= 11 is 9.14. The molecule has 0 atom stereocenters. The van der Waals surface area contributed by atoms with Crippen LogP contribution in [0.1, 0.15) is 10.4 Å². The highest BCUT2D eigenvalue weighted by Crippen LogP contribution is 2.23. The van der Waals surface area contributed by atoms with Crippen molar-refractivity contribution in [2.24, 2.45) is 7.05 Å². The molecule has 17 heavy (non-hydrogen) atoms. The number of halogens is 2. The third kappa shape index (κ3) is 2.68. The van der Waals surface area contributed by atoms with Crippen molar-refractivity contribution in [2.45, 2.75) is 0 Å². The van der Waals surface area contributed by atoms with Crippen LogP contribution in [0.3, 0.4) is 0 Å². The number of aromatic nitrogens is 2. The van der Waals surface area contributed by atoms with Gasteiger partial charge < -0.3 is 5.32 Å². The van der Waals surface area contributed by atoms with E-state index in [1.165, 1.54) is 0 Å². The Bertz CT molecular complexity index is 568. The number of amides is 1. The standard InChI is InChI=1S/C11H9BrClN3O/c1-16-10(4-5-14-16)15-11(17)7-2-3-9(13)8(12)6-7/h2-6H,1H3,(H,15,17). The summed E-state index contributed by atoms with van der Waals surface area (Å²) in [5, 5.41) is 7.29. The van der Waals surface area contributed by atoms with Gasteiger partial charge in [-0.15, -0.1) is 0 Å². The highest BCUT2D eigenvalue weighted by molar-refractivity contribution is 9.10. The average molecular weight is 315 g/mol. The van der Waals surface area contributed by atoms with Crippen LogP contribution in [-0.4, -0.2) is 15.7 Å². The fourth-order valence-corrected chi connectivity index (χ4v) is 1.82. The molecular weight excluding hydrogens is 305 g/mol. The second-order valence-corrected chi connectivity index (χ2v) is 4.68. The van der Waals surface area contributed by atoms with Gasteiger partial charge in [-0.3, -0.25) is 9.48 Å². The minimum absolute atomic E-state index is 0.203. The van der Waals surface area contributed by atoms with Crippen LogP contribution in [0.15, 0.2) is 34.9 Å². The number of rotatable bonds is 2. The van der Waals surface area contributed by atoms with Crippen LogP contribution in [0.4, 0.5) is 5.82 Å². The van der Waals surface area contributed by atoms with Gasteiger partial charge in [-0.25, -0.2) is 0 Å². The molecule has 1 amide bonds. The third-order valence-corrected chi connectivity index (χ3v) is 3.46. The Morgan fingerprint density at radius 3 is 2.82 bits per heavy atom. The molecule has 0 saturated heterocycles. The van der Waals surface area contributed by atoms with E-state index in [4.69, 9.17) is 11.6 Å². The summed E-state index contributed by atoms with van der Waals surface area (Å²) < 4.78 is 2.28. The Balaban J connectivity index is 2.20. The Morgan fingerprint density at radius 2 is 2.24 bits per heavy atom. The zero-order valence-electron chi connectivity index (χ0n) is 8.95. The van der Waals surface area contributed by atoms with Gasteiger partial charge in [0.2, 0.25) is 0 Å². The number of aryl methyl sites for hydroxylation is 1. The number of anilines is 1. The van der Waals surface area contributed by atoms with Crippen LogP contribution in [-0.2, 0) is 7.05 Å². The van der Waals surface area contributed by atoms with Crippen molar-refractivity contribution >= 4 is 39.3 Å². The molecule has 6 heteroatoms. The zero-order chi connectivity index (χ0) is 12.4. The van der Waals surface area contributed by atoms with E-state index in [1.807, 2.05) is 0 Å². The summed E-state index contributed by atoms with van der Waals surface area (Å²) in [5.74, 6) is 0.437. The molecule has 2 rings (SSSR count). The van der Waals surface area contributed by atoms with Crippen LogP contribution < -0.4 is 5.32 Å². The van der Waals surface area contributed by atoms with Crippen molar-refractivity contribution in [3.05, 3.63) is 45.5 Å². The van der Waals surface area contributed by atoms with Crippen LogP contribution >= 0.6 is 27.5 Å². The minimum atomic E-state index is -0.203. The predicted molar refractivity (Wildman–Crippen MR) is 70.3 cm³/mol. The SMILES string of the molecule is Cn1nccc1NC(=O)c1ccc(Cl)c(Br)c1. The normalized spacial score (nSPS) is 10.3. The van der Waals surface area contributed by atoms with Crippen molar-refractivity contribution in [3.8, 4) is 0 Å². The van der Waals surface area contributed by atoms with E-state index >= 15 is 0 Å². The Morgan fingerprint density at radius 1 is 1.47 bits per heavy atom. The van der Waals surface area contributed by atoms with E-state index in [0.717, 1.165) is 0 Å². The lowest BCUT2D eigenvalue weighted by Crippen LogP contribution is -2.14. The lowest BCUT2D eigenvalue weighted by molar-refractivity contribution is 0.102. The molecule has 4 nitrogen and oxygen atoms in total. The quantitative estimate of drug-likeness (QED) is 0.926. The average Bonchev–Trinajstić information content (AvgIpc) is 2.68. The monoisotopic (exact) mass is 313 g/mol. The highest BCUT2D eigenvalue weighted by Gasteiger charge is 2.09. The van der Waals surface area contributed by atoms with E-state index in [-0.39, 0.29) is 5.91 Å². The summed E-state index contributed by atoms with van der Waals surface area (Å²) in [4.78, 5) is 11.9. The molecule has 0 unspecified atom stereocenters. The molecule has 0 saturated carbocycles. The second kappa shape index (κ2) is 4.89. The molecule has 1 N–H and O–H groups in total. The maximum absolute atomic E-state index is 11.9. The summed E-state index contributed by atoms with van der Waals surface area (Å²) in [6.45, 7) is 0. The van der Waals surface area contributed by atoms with Gasteiger partial charge in [0, 0.05) is 23.2 Å². The van der Waals surface area contributed by atoms with Gasteiger partial charge in [-0.2, -0.15) is 5.10 Å². The van der Waals surface area contributed by atoms with Crippen molar-refractivity contribution in [2.75, 3.05) is 5.32 Å². The Labute approximate surface area is 112 Å². The van der Waals surface area contributed by atoms with Crippen LogP contribution in [0.2, 0.25) is 5.02 Å². The van der Waals surface area contributed by atoms with Crippen molar-refractivity contribution < 1.29 is 4.79 Å². The number of benzene rings is 1. The van der Waals surface area contributed by atoms with Gasteiger partial charge in [0.15, 0.2) is 0 Å². The first-order valence-corrected chi connectivity index (χ1v) is 5.99. The molecule has 1 heterocycles. The predicted octanol–water partition coefficient (Wildman–Crippen LogP) is 3.09. The first kappa shape index (κ1) is 12.1. The topological polar surface area (TPSA) is 46.9 Å². The summed E-state index contributed by atoms with van der Waals surface area (Å²) in [7, 11) is 1.76. The van der Waals surface area contributed by atoms with Crippen LogP contribution in [0.25, 0.3) is 0 Å². The number of carbonyl (C=O) groups is 1. The van der Waals surface area contributed by atoms with Gasteiger partial charge in [0.05, 0.1) is 11.2 Å². The van der Waals surface area contributed by atoms with E-state index in [2.05, 4.69) is 26.3 Å². The molecule has 0 aliphatic rings. The first-order chi connectivity index (χ1) is 8.08. The number of hydrogen-bond donors (Lipinski definition) is 1. The molecule has 0 aliphatic carbocycles. The number of nitrogens with one attached hydrogen (secondary N) is 1. The summed E-state index contributed by atoms with van der Waals surface area (Å²) in [6, 6.07) is 6.74. The highest BCUT2D eigenvalue weighted by atomic mass is 79.9. The van der Waals surface area contributed by atoms with Crippen molar-refractivity contribution in [3.63, 3.8) is 0 Å². The Hall–Kier alpha value is -1.33. The molecule has 0 radical (unpaired) electrons. The van der Waals surface area contributed by atoms with Crippen molar-refractivity contribution in [1.82, 2.24) is 9.78 Å². The first-order valence-electron chi connectivity index (χ1n) is 4.82. The number of carbonyl (C=O) groups excluding carboxylic acids is 1. The van der Waals surface area contributed by atoms with Crippen LogP contribution in [0, 0.1) is 0 Å². The van der Waals surface area contributed by atoms with Gasteiger partial charge in [-0.1, -0.05) is 11.6 Å². The Kier molecular flexibility index (Phi) is 3.49. The molecular formula is C11H9BrClN3O. The maximum atomic E-state index is 11.9. The van der Waals surface area contributed by atoms with E-state index in [0.29, 0.717) is 20.9 Å². The maximum Gasteiger partial charge on any atom is 0.256 e. The van der Waals surface area contributed by atoms with Gasteiger partial charge in [0.25, 0.3) is 5.91 Å². The molecule has 0 aliphatic heterocycles. The zero-order valence-corrected chi connectivity index (χ0v) is 11.3. The minimum Gasteiger partial charge on any atom is -0.307 e. The largest absolute Gasteiger partial charge is 0.307 e. The molecule has 2 aromatic rings. The van der Waals surface area contributed by atoms with Gasteiger partial charge in [0.1, 0.15) is 5.82 Å². The van der Waals surface area contributed by atoms with E-state index in [9.17, 15) is 4.79 Å². The third-order valence-electron chi connectivity index (χ3n) is 2.24. The number of hydrogen-bond acceptors (Lipinski definition) is 2. The fraction of sp³-hybridized carbons (Fsp3) is 0.0909. The summed E-state index contributed by atoms with van der Waals surface area (Å²) in [5.41, 5.74) is 0.530. The molecule has 0 fully saturated rings. The molecule has 0 spiro atoms. The van der Waals surface area contributed by atoms with Crippen molar-refractivity contribution in [1.29, 1.82) is 0 Å². The number of nitrogens with zero attached hydrogens (tertiary/aromatic N) is 2. The molecule has 88 valence electrons. The molecule has 1 aromatic carbocycles. The molecule has 0 bridgehead atoms. The van der Waals surface area contributed by atoms with Gasteiger partial charge in [-0.05, 0) is 34.1 Å². The smallest absolute Gasteiger partial charge is 0.256 e. The lowest BCUT2D eigenvalue weighted by Gasteiger charge is -2.06. The molecule has 1 aromatic heterocycles. The fourth-order valence-electron chi connectivity index (χ4n) is 1.32. The van der Waals surface area contributed by atoms with Gasteiger partial charge >= 0.3 is 0 Å². The van der Waals surface area contributed by atoms with E-state index in [1.54, 1.807) is 42.2 Å². The van der Waals surface area contributed by atoms with E-state index < -0.39 is 0 Å².